The molecule has 3 heterocycles. The summed E-state index contributed by atoms with van der Waals surface area (Å²) in [5.41, 5.74) is 4.60. The third-order valence-electron chi connectivity index (χ3n) is 5.04. The highest BCUT2D eigenvalue weighted by Crippen LogP contribution is 2.28. The standard InChI is InChI=1S/C24H23ClN6O/c1-3-10-31-23(6-7-29-31)18-11-17(21-5-4-20(25)14-28-21)12-19(13-18)24(32)30-16(2)22-15-26-8-9-27-22/h4-9,11-16H,3,10H2,1-2H3,(H,30,32). The Hall–Kier alpha value is -3.58. The number of nitrogens with zero attached hydrogens (tertiary/aromatic N) is 5. The van der Waals surface area contributed by atoms with E-state index in [1.54, 1.807) is 37.1 Å². The predicted octanol–water partition coefficient (Wildman–Crippen LogP) is 4.96. The van der Waals surface area contributed by atoms with Crippen LogP contribution in [0.15, 0.2) is 67.4 Å². The van der Waals surface area contributed by atoms with Gasteiger partial charge >= 0.3 is 0 Å². The summed E-state index contributed by atoms with van der Waals surface area (Å²) >= 11 is 6.02. The molecule has 8 heteroatoms. The molecule has 0 spiro atoms. The summed E-state index contributed by atoms with van der Waals surface area (Å²) in [5.74, 6) is -0.207. The minimum Gasteiger partial charge on any atom is -0.344 e. The molecule has 0 aliphatic carbocycles. The van der Waals surface area contributed by atoms with Crippen molar-refractivity contribution in [2.24, 2.45) is 0 Å². The van der Waals surface area contributed by atoms with Crippen molar-refractivity contribution in [1.29, 1.82) is 0 Å². The average molecular weight is 447 g/mol. The van der Waals surface area contributed by atoms with Crippen LogP contribution in [0.25, 0.3) is 22.5 Å². The van der Waals surface area contributed by atoms with Crippen LogP contribution >= 0.6 is 11.6 Å². The number of aromatic nitrogens is 5. The Bertz CT molecular complexity index is 1210. The third-order valence-corrected chi connectivity index (χ3v) is 5.26. The molecule has 4 rings (SSSR count). The van der Waals surface area contributed by atoms with Crippen molar-refractivity contribution in [3.8, 4) is 22.5 Å². The lowest BCUT2D eigenvalue weighted by atomic mass is 10.00. The summed E-state index contributed by atoms with van der Waals surface area (Å²) in [6.07, 6.45) is 9.18. The number of carbonyl (C=O) groups excluding carboxylic acids is 1. The van der Waals surface area contributed by atoms with E-state index in [0.29, 0.717) is 16.3 Å². The van der Waals surface area contributed by atoms with Gasteiger partial charge in [-0.3, -0.25) is 24.4 Å². The van der Waals surface area contributed by atoms with Gasteiger partial charge in [0, 0.05) is 48.0 Å². The van der Waals surface area contributed by atoms with E-state index >= 15 is 0 Å². The van der Waals surface area contributed by atoms with E-state index in [9.17, 15) is 4.79 Å². The zero-order chi connectivity index (χ0) is 22.5. The van der Waals surface area contributed by atoms with E-state index < -0.39 is 0 Å². The Morgan fingerprint density at radius 2 is 1.91 bits per heavy atom. The first kappa shape index (κ1) is 21.6. The zero-order valence-electron chi connectivity index (χ0n) is 17.9. The van der Waals surface area contributed by atoms with Gasteiger partial charge in [0.1, 0.15) is 0 Å². The number of hydrogen-bond donors (Lipinski definition) is 1. The molecular weight excluding hydrogens is 424 g/mol. The Morgan fingerprint density at radius 3 is 2.62 bits per heavy atom. The molecule has 1 atom stereocenters. The number of pyridine rings is 1. The summed E-state index contributed by atoms with van der Waals surface area (Å²) in [4.78, 5) is 26.0. The number of benzene rings is 1. The van der Waals surface area contributed by atoms with Crippen LogP contribution in [-0.4, -0.2) is 30.6 Å². The number of rotatable bonds is 7. The van der Waals surface area contributed by atoms with Gasteiger partial charge in [-0.2, -0.15) is 5.10 Å². The minimum absolute atomic E-state index is 0.207. The topological polar surface area (TPSA) is 85.6 Å². The largest absolute Gasteiger partial charge is 0.344 e. The smallest absolute Gasteiger partial charge is 0.251 e. The molecule has 1 amide bonds. The first-order valence-corrected chi connectivity index (χ1v) is 10.8. The van der Waals surface area contributed by atoms with Gasteiger partial charge in [-0.15, -0.1) is 0 Å². The monoisotopic (exact) mass is 446 g/mol. The second-order valence-electron chi connectivity index (χ2n) is 7.43. The van der Waals surface area contributed by atoms with Gasteiger partial charge in [0.05, 0.1) is 34.3 Å². The first-order valence-electron chi connectivity index (χ1n) is 10.4. The molecule has 0 aliphatic rings. The fourth-order valence-corrected chi connectivity index (χ4v) is 3.57. The van der Waals surface area contributed by atoms with Crippen LogP contribution in [-0.2, 0) is 6.54 Å². The van der Waals surface area contributed by atoms with Gasteiger partial charge in [-0.1, -0.05) is 18.5 Å². The van der Waals surface area contributed by atoms with Gasteiger partial charge in [0.15, 0.2) is 0 Å². The Kier molecular flexibility index (Phi) is 6.56. The highest BCUT2D eigenvalue weighted by Gasteiger charge is 2.17. The van der Waals surface area contributed by atoms with E-state index in [1.165, 1.54) is 0 Å². The summed E-state index contributed by atoms with van der Waals surface area (Å²) in [7, 11) is 0. The molecule has 32 heavy (non-hydrogen) atoms. The molecule has 162 valence electrons. The van der Waals surface area contributed by atoms with Crippen LogP contribution in [0.5, 0.6) is 0 Å². The summed E-state index contributed by atoms with van der Waals surface area (Å²) in [5, 5.41) is 7.99. The number of aryl methyl sites for hydroxylation is 1. The number of hydrogen-bond acceptors (Lipinski definition) is 5. The Morgan fingerprint density at radius 1 is 1.06 bits per heavy atom. The fourth-order valence-electron chi connectivity index (χ4n) is 3.46. The van der Waals surface area contributed by atoms with Gasteiger partial charge in [-0.25, -0.2) is 0 Å². The second-order valence-corrected chi connectivity index (χ2v) is 7.86. The third kappa shape index (κ3) is 4.84. The highest BCUT2D eigenvalue weighted by atomic mass is 35.5. The maximum absolute atomic E-state index is 13.2. The number of amides is 1. The number of carbonyl (C=O) groups is 1. The van der Waals surface area contributed by atoms with Crippen molar-refractivity contribution in [3.63, 3.8) is 0 Å². The Labute approximate surface area is 191 Å². The molecule has 3 aromatic heterocycles. The molecule has 0 saturated carbocycles. The summed E-state index contributed by atoms with van der Waals surface area (Å²) < 4.78 is 1.94. The average Bonchev–Trinajstić information content (AvgIpc) is 3.28. The lowest BCUT2D eigenvalue weighted by molar-refractivity contribution is 0.0939. The van der Waals surface area contributed by atoms with Crippen LogP contribution in [0.2, 0.25) is 5.02 Å². The number of halogens is 1. The van der Waals surface area contributed by atoms with E-state index in [2.05, 4.69) is 32.3 Å². The Balaban J connectivity index is 1.73. The first-order chi connectivity index (χ1) is 15.5. The molecule has 0 radical (unpaired) electrons. The van der Waals surface area contributed by atoms with Crippen molar-refractivity contribution in [3.05, 3.63) is 83.7 Å². The van der Waals surface area contributed by atoms with Gasteiger partial charge < -0.3 is 5.32 Å². The van der Waals surface area contributed by atoms with E-state index in [-0.39, 0.29) is 11.9 Å². The molecule has 0 aliphatic heterocycles. The van der Waals surface area contributed by atoms with Gasteiger partial charge in [0.2, 0.25) is 0 Å². The molecule has 1 aromatic carbocycles. The van der Waals surface area contributed by atoms with Crippen molar-refractivity contribution >= 4 is 17.5 Å². The van der Waals surface area contributed by atoms with Crippen molar-refractivity contribution in [2.45, 2.75) is 32.9 Å². The highest BCUT2D eigenvalue weighted by molar-refractivity contribution is 6.30. The van der Waals surface area contributed by atoms with Gasteiger partial charge in [-0.05, 0) is 49.7 Å². The quantitative estimate of drug-likeness (QED) is 0.433. The van der Waals surface area contributed by atoms with E-state index in [1.807, 2.05) is 41.9 Å². The zero-order valence-corrected chi connectivity index (χ0v) is 18.6. The molecule has 0 saturated heterocycles. The fraction of sp³-hybridized carbons (Fsp3) is 0.208. The summed E-state index contributed by atoms with van der Waals surface area (Å²) in [6, 6.07) is 11.0. The van der Waals surface area contributed by atoms with Crippen LogP contribution in [0.3, 0.4) is 0 Å². The lowest BCUT2D eigenvalue weighted by Gasteiger charge is -2.15. The molecular formula is C24H23ClN6O. The molecule has 1 unspecified atom stereocenters. The SMILES string of the molecule is CCCn1nccc1-c1cc(C(=O)NC(C)c2cnccn2)cc(-c2ccc(Cl)cn2)c1. The molecule has 7 nitrogen and oxygen atoms in total. The van der Waals surface area contributed by atoms with E-state index in [0.717, 1.165) is 35.5 Å². The van der Waals surface area contributed by atoms with Crippen LogP contribution in [0.4, 0.5) is 0 Å². The maximum Gasteiger partial charge on any atom is 0.251 e. The molecule has 4 aromatic rings. The van der Waals surface area contributed by atoms with Crippen molar-refractivity contribution < 1.29 is 4.79 Å². The van der Waals surface area contributed by atoms with Crippen molar-refractivity contribution in [1.82, 2.24) is 30.0 Å². The molecule has 0 bridgehead atoms. The molecule has 1 N–H and O–H groups in total. The summed E-state index contributed by atoms with van der Waals surface area (Å²) in [6.45, 7) is 4.77. The minimum atomic E-state index is -0.289. The van der Waals surface area contributed by atoms with Gasteiger partial charge in [0.25, 0.3) is 5.91 Å². The molecule has 0 fully saturated rings. The van der Waals surface area contributed by atoms with Crippen molar-refractivity contribution in [2.75, 3.05) is 0 Å². The maximum atomic E-state index is 13.2. The van der Waals surface area contributed by atoms with Crippen LogP contribution < -0.4 is 5.32 Å². The van der Waals surface area contributed by atoms with Crippen LogP contribution in [0.1, 0.15) is 42.4 Å². The predicted molar refractivity (Wildman–Crippen MR) is 124 cm³/mol. The number of nitrogens with one attached hydrogen (secondary N) is 1. The second kappa shape index (κ2) is 9.70. The normalized spacial score (nSPS) is 11.8. The van der Waals surface area contributed by atoms with Crippen LogP contribution in [0, 0.1) is 0 Å². The van der Waals surface area contributed by atoms with E-state index in [4.69, 9.17) is 11.6 Å². The lowest BCUT2D eigenvalue weighted by Crippen LogP contribution is -2.27.